The molecule has 1 aliphatic rings. The molecule has 2 unspecified atom stereocenters. The second-order valence-electron chi connectivity index (χ2n) is 7.59. The van der Waals surface area contributed by atoms with Crippen molar-refractivity contribution in [1.29, 1.82) is 0 Å². The number of nitrogens with zero attached hydrogens (tertiary/aromatic N) is 2. The van der Waals surface area contributed by atoms with Crippen molar-refractivity contribution < 1.29 is 35.9 Å². The molecule has 2 heterocycles. The number of fused-ring (bicyclic) bond motifs is 1. The predicted molar refractivity (Wildman–Crippen MR) is 116 cm³/mol. The minimum atomic E-state index is -5.55. The zero-order valence-corrected chi connectivity index (χ0v) is 18.6. The number of alkyl halides is 3. The summed E-state index contributed by atoms with van der Waals surface area (Å²) in [4.78, 5) is 29.8. The topological polar surface area (TPSA) is 106 Å². The van der Waals surface area contributed by atoms with Gasteiger partial charge in [0.05, 0.1) is 17.7 Å². The SMILES string of the molecule is COc1cccc2c(C(C)C3NC(=O)N(c4ccc(S(=O)(=O)C(F)(F)F)cc4)C3=O)ccnc12. The number of carbonyl (C=O) groups is 2. The van der Waals surface area contributed by atoms with Crippen LogP contribution in [0.1, 0.15) is 18.4 Å². The van der Waals surface area contributed by atoms with E-state index in [1.807, 2.05) is 6.07 Å². The number of carbonyl (C=O) groups excluding carboxylic acids is 2. The Morgan fingerprint density at radius 2 is 1.76 bits per heavy atom. The first-order valence-corrected chi connectivity index (χ1v) is 11.4. The van der Waals surface area contributed by atoms with Crippen LogP contribution >= 0.6 is 0 Å². The molecule has 0 bridgehead atoms. The van der Waals surface area contributed by atoms with Gasteiger partial charge in [-0.2, -0.15) is 13.2 Å². The quantitative estimate of drug-likeness (QED) is 0.543. The molecule has 0 aliphatic carbocycles. The molecule has 1 saturated heterocycles. The van der Waals surface area contributed by atoms with Crippen LogP contribution in [0.5, 0.6) is 5.75 Å². The zero-order valence-electron chi connectivity index (χ0n) is 17.8. The summed E-state index contributed by atoms with van der Waals surface area (Å²) in [6, 6.07) is 8.70. The van der Waals surface area contributed by atoms with Crippen molar-refractivity contribution in [3.05, 3.63) is 60.3 Å². The van der Waals surface area contributed by atoms with Gasteiger partial charge in [0.25, 0.3) is 15.7 Å². The Balaban J connectivity index is 1.65. The van der Waals surface area contributed by atoms with E-state index in [9.17, 15) is 31.2 Å². The van der Waals surface area contributed by atoms with Crippen molar-refractivity contribution >= 4 is 38.4 Å². The van der Waals surface area contributed by atoms with Gasteiger partial charge < -0.3 is 10.1 Å². The minimum Gasteiger partial charge on any atom is -0.494 e. The number of benzene rings is 2. The van der Waals surface area contributed by atoms with Gasteiger partial charge in [0, 0.05) is 17.5 Å². The maximum absolute atomic E-state index is 13.1. The molecule has 8 nitrogen and oxygen atoms in total. The van der Waals surface area contributed by atoms with Gasteiger partial charge in [-0.3, -0.25) is 9.78 Å². The Bertz CT molecular complexity index is 1390. The van der Waals surface area contributed by atoms with E-state index in [1.165, 1.54) is 7.11 Å². The molecule has 0 radical (unpaired) electrons. The average Bonchev–Trinajstić information content (AvgIpc) is 3.10. The van der Waals surface area contributed by atoms with Crippen molar-refractivity contribution in [2.24, 2.45) is 0 Å². The fraction of sp³-hybridized carbons (Fsp3) is 0.227. The number of methoxy groups -OCH3 is 1. The van der Waals surface area contributed by atoms with Crippen molar-refractivity contribution in [1.82, 2.24) is 10.3 Å². The number of pyridine rings is 1. The van der Waals surface area contributed by atoms with E-state index in [-0.39, 0.29) is 5.69 Å². The summed E-state index contributed by atoms with van der Waals surface area (Å²) in [7, 11) is -4.04. The molecule has 3 amide bonds. The van der Waals surface area contributed by atoms with Crippen molar-refractivity contribution in [2.75, 3.05) is 12.0 Å². The molecular formula is C22H18F3N3O5S. The average molecular weight is 493 g/mol. The van der Waals surface area contributed by atoms with Gasteiger partial charge in [-0.15, -0.1) is 0 Å². The molecule has 1 aliphatic heterocycles. The largest absolute Gasteiger partial charge is 0.501 e. The van der Waals surface area contributed by atoms with Gasteiger partial charge >= 0.3 is 11.5 Å². The molecule has 4 rings (SSSR count). The number of hydrogen-bond acceptors (Lipinski definition) is 6. The fourth-order valence-corrected chi connectivity index (χ4v) is 4.66. The molecule has 0 spiro atoms. The normalized spacial score (nSPS) is 17.7. The number of hydrogen-bond donors (Lipinski definition) is 1. The molecule has 178 valence electrons. The van der Waals surface area contributed by atoms with Crippen molar-refractivity contribution in [3.8, 4) is 5.75 Å². The third-order valence-electron chi connectivity index (χ3n) is 5.66. The number of halogens is 3. The number of anilines is 1. The van der Waals surface area contributed by atoms with E-state index < -0.39 is 44.1 Å². The Kier molecular flexibility index (Phi) is 5.72. The first-order valence-electron chi connectivity index (χ1n) is 9.95. The Morgan fingerprint density at radius 1 is 1.09 bits per heavy atom. The molecule has 12 heteroatoms. The van der Waals surface area contributed by atoms with Gasteiger partial charge in [0.15, 0.2) is 0 Å². The van der Waals surface area contributed by atoms with Crippen LogP contribution in [0.25, 0.3) is 10.9 Å². The summed E-state index contributed by atoms with van der Waals surface area (Å²) in [6.45, 7) is 1.75. The second kappa shape index (κ2) is 8.28. The van der Waals surface area contributed by atoms with E-state index in [1.54, 1.807) is 31.3 Å². The van der Waals surface area contributed by atoms with Crippen LogP contribution in [0, 0.1) is 0 Å². The van der Waals surface area contributed by atoms with Crippen molar-refractivity contribution in [3.63, 3.8) is 0 Å². The van der Waals surface area contributed by atoms with Crippen LogP contribution in [-0.2, 0) is 14.6 Å². The third kappa shape index (κ3) is 3.73. The molecule has 1 N–H and O–H groups in total. The fourth-order valence-electron chi connectivity index (χ4n) is 3.90. The number of imide groups is 1. The summed E-state index contributed by atoms with van der Waals surface area (Å²) < 4.78 is 66.8. The Labute approximate surface area is 192 Å². The molecular weight excluding hydrogens is 475 g/mol. The molecule has 0 saturated carbocycles. The van der Waals surface area contributed by atoms with Crippen LogP contribution in [-0.4, -0.2) is 44.0 Å². The first-order chi connectivity index (χ1) is 16.0. The van der Waals surface area contributed by atoms with Crippen LogP contribution in [0.3, 0.4) is 0 Å². The van der Waals surface area contributed by atoms with Gasteiger partial charge in [-0.1, -0.05) is 19.1 Å². The lowest BCUT2D eigenvalue weighted by Crippen LogP contribution is -2.35. The van der Waals surface area contributed by atoms with Crippen LogP contribution < -0.4 is 15.0 Å². The lowest BCUT2D eigenvalue weighted by Gasteiger charge is -2.20. The van der Waals surface area contributed by atoms with E-state index in [4.69, 9.17) is 4.74 Å². The smallest absolute Gasteiger partial charge is 0.494 e. The van der Waals surface area contributed by atoms with Gasteiger partial charge in [0.1, 0.15) is 17.3 Å². The van der Waals surface area contributed by atoms with E-state index in [0.717, 1.165) is 28.0 Å². The summed E-state index contributed by atoms with van der Waals surface area (Å²) >= 11 is 0. The van der Waals surface area contributed by atoms with Gasteiger partial charge in [-0.25, -0.2) is 18.1 Å². The summed E-state index contributed by atoms with van der Waals surface area (Å²) in [6.07, 6.45) is 1.56. The first kappa shape index (κ1) is 23.5. The number of sulfone groups is 1. The molecule has 3 aromatic rings. The summed E-state index contributed by atoms with van der Waals surface area (Å²) in [5.74, 6) is -0.579. The van der Waals surface area contributed by atoms with Crippen molar-refractivity contribution in [2.45, 2.75) is 29.3 Å². The maximum atomic E-state index is 13.1. The minimum absolute atomic E-state index is 0.0559. The molecule has 1 aromatic heterocycles. The number of ether oxygens (including phenoxy) is 1. The standard InChI is InChI=1S/C22H18F3N3O5S/c1-12(15-10-11-26-19-16(15)4-3-5-17(19)33-2)18-20(29)28(21(30)27-18)13-6-8-14(9-7-13)34(31,32)22(23,24)25/h3-12,18H,1-2H3,(H,27,30). The lowest BCUT2D eigenvalue weighted by molar-refractivity contribution is -0.118. The van der Waals surface area contributed by atoms with E-state index in [0.29, 0.717) is 23.4 Å². The van der Waals surface area contributed by atoms with Gasteiger partial charge in [0.2, 0.25) is 0 Å². The number of urea groups is 1. The monoisotopic (exact) mass is 493 g/mol. The molecule has 1 fully saturated rings. The highest BCUT2D eigenvalue weighted by molar-refractivity contribution is 7.92. The summed E-state index contributed by atoms with van der Waals surface area (Å²) in [5, 5.41) is 3.33. The number of nitrogens with one attached hydrogen (secondary N) is 1. The highest BCUT2D eigenvalue weighted by Gasteiger charge is 2.47. The van der Waals surface area contributed by atoms with Crippen LogP contribution in [0.15, 0.2) is 59.6 Å². The van der Waals surface area contributed by atoms with Crippen LogP contribution in [0.2, 0.25) is 0 Å². The molecule has 34 heavy (non-hydrogen) atoms. The number of aromatic nitrogens is 1. The summed E-state index contributed by atoms with van der Waals surface area (Å²) in [5.41, 5.74) is -4.20. The second-order valence-corrected chi connectivity index (χ2v) is 9.53. The Hall–Kier alpha value is -3.67. The number of rotatable bonds is 5. The lowest BCUT2D eigenvalue weighted by atomic mass is 9.90. The highest BCUT2D eigenvalue weighted by atomic mass is 32.2. The van der Waals surface area contributed by atoms with Gasteiger partial charge in [-0.05, 0) is 42.0 Å². The Morgan fingerprint density at radius 3 is 2.38 bits per heavy atom. The number of para-hydroxylation sites is 1. The van der Waals surface area contributed by atoms with E-state index >= 15 is 0 Å². The highest BCUT2D eigenvalue weighted by Crippen LogP contribution is 2.35. The third-order valence-corrected chi connectivity index (χ3v) is 7.16. The maximum Gasteiger partial charge on any atom is 0.501 e. The number of amides is 3. The molecule has 2 atom stereocenters. The predicted octanol–water partition coefficient (Wildman–Crippen LogP) is 3.77. The van der Waals surface area contributed by atoms with Crippen LogP contribution in [0.4, 0.5) is 23.7 Å². The zero-order chi connectivity index (χ0) is 24.8. The molecule has 2 aromatic carbocycles. The van der Waals surface area contributed by atoms with E-state index in [2.05, 4.69) is 10.3 Å².